The zero-order valence-corrected chi connectivity index (χ0v) is 14.7. The van der Waals surface area contributed by atoms with Crippen LogP contribution in [-0.4, -0.2) is 46.3 Å². The first kappa shape index (κ1) is 17.8. The molecule has 1 atom stereocenters. The average molecular weight is 355 g/mol. The van der Waals surface area contributed by atoms with E-state index in [1.807, 2.05) is 32.2 Å². The van der Waals surface area contributed by atoms with Gasteiger partial charge in [0.1, 0.15) is 11.4 Å². The summed E-state index contributed by atoms with van der Waals surface area (Å²) in [5.74, 6) is 1.20. The summed E-state index contributed by atoms with van der Waals surface area (Å²) in [5, 5.41) is 11.4. The maximum Gasteiger partial charge on any atom is 0.293 e. The number of rotatable bonds is 9. The first-order chi connectivity index (χ1) is 12.7. The molecule has 0 aliphatic rings. The van der Waals surface area contributed by atoms with Crippen LogP contribution < -0.4 is 10.1 Å². The Morgan fingerprint density at radius 3 is 3.04 bits per heavy atom. The molecule has 0 aliphatic carbocycles. The van der Waals surface area contributed by atoms with Gasteiger partial charge in [0.05, 0.1) is 17.3 Å². The predicted molar refractivity (Wildman–Crippen MR) is 96.6 cm³/mol. The molecule has 2 aromatic heterocycles. The Labute approximate surface area is 150 Å². The average Bonchev–Trinajstić information content (AvgIpc) is 3.08. The highest BCUT2D eigenvalue weighted by Gasteiger charge is 2.13. The van der Waals surface area contributed by atoms with E-state index in [1.54, 1.807) is 12.3 Å². The molecule has 1 unspecified atom stereocenters. The van der Waals surface area contributed by atoms with Crippen molar-refractivity contribution in [3.8, 4) is 17.1 Å². The Hall–Kier alpha value is -3.00. The molecule has 0 spiro atoms. The van der Waals surface area contributed by atoms with Crippen molar-refractivity contribution in [2.45, 2.75) is 26.1 Å². The van der Waals surface area contributed by atoms with E-state index >= 15 is 0 Å². The number of nitrogens with one attached hydrogen (secondary N) is 2. The van der Waals surface area contributed by atoms with E-state index in [-0.39, 0.29) is 12.7 Å². The maximum absolute atomic E-state index is 10.3. The summed E-state index contributed by atoms with van der Waals surface area (Å²) in [6.45, 7) is 3.34. The first-order valence-corrected chi connectivity index (χ1v) is 8.38. The van der Waals surface area contributed by atoms with Crippen molar-refractivity contribution in [2.24, 2.45) is 0 Å². The molecular formula is C18H21N5O3. The molecule has 26 heavy (non-hydrogen) atoms. The second-order valence-corrected chi connectivity index (χ2v) is 5.87. The van der Waals surface area contributed by atoms with Gasteiger partial charge in [0.15, 0.2) is 12.4 Å². The van der Waals surface area contributed by atoms with E-state index in [4.69, 9.17) is 9.47 Å². The van der Waals surface area contributed by atoms with Crippen LogP contribution in [0.3, 0.4) is 0 Å². The van der Waals surface area contributed by atoms with E-state index in [0.717, 1.165) is 29.6 Å². The lowest BCUT2D eigenvalue weighted by Crippen LogP contribution is -2.19. The quantitative estimate of drug-likeness (QED) is 0.567. The summed E-state index contributed by atoms with van der Waals surface area (Å²) in [6, 6.07) is 7.57. The van der Waals surface area contributed by atoms with Crippen molar-refractivity contribution in [2.75, 3.05) is 13.6 Å². The zero-order chi connectivity index (χ0) is 18.4. The molecule has 1 aromatic carbocycles. The number of carbonyl (C=O) groups excluding carboxylic acids is 1. The van der Waals surface area contributed by atoms with Crippen LogP contribution in [0, 0.1) is 0 Å². The molecule has 3 rings (SSSR count). The van der Waals surface area contributed by atoms with Crippen molar-refractivity contribution >= 4 is 17.4 Å². The molecule has 2 N–H and O–H groups in total. The molecular weight excluding hydrogens is 334 g/mol. The largest absolute Gasteiger partial charge is 0.491 e. The zero-order valence-electron chi connectivity index (χ0n) is 14.7. The molecule has 0 aliphatic heterocycles. The number of hydrogen-bond donors (Lipinski definition) is 2. The van der Waals surface area contributed by atoms with Crippen molar-refractivity contribution < 1.29 is 14.3 Å². The van der Waals surface area contributed by atoms with Crippen LogP contribution in [0.1, 0.15) is 19.2 Å². The third-order valence-electron chi connectivity index (χ3n) is 3.90. The Bertz CT molecular complexity index is 880. The normalized spacial score (nSPS) is 12.1. The number of H-pyrrole nitrogens is 1. The van der Waals surface area contributed by atoms with E-state index in [2.05, 4.69) is 25.5 Å². The monoisotopic (exact) mass is 355 g/mol. The highest BCUT2D eigenvalue weighted by atomic mass is 16.5. The van der Waals surface area contributed by atoms with Crippen molar-refractivity contribution in [1.82, 2.24) is 25.5 Å². The van der Waals surface area contributed by atoms with Gasteiger partial charge in [-0.1, -0.05) is 0 Å². The van der Waals surface area contributed by atoms with Gasteiger partial charge in [0.2, 0.25) is 0 Å². The van der Waals surface area contributed by atoms with Gasteiger partial charge in [-0.3, -0.25) is 9.89 Å². The first-order valence-electron chi connectivity index (χ1n) is 8.38. The molecule has 2 heterocycles. The molecule has 0 amide bonds. The van der Waals surface area contributed by atoms with E-state index in [1.165, 1.54) is 0 Å². The van der Waals surface area contributed by atoms with Gasteiger partial charge in [-0.15, -0.1) is 0 Å². The predicted octanol–water partition coefficient (Wildman–Crippen LogP) is 2.07. The second kappa shape index (κ2) is 8.39. The van der Waals surface area contributed by atoms with Crippen molar-refractivity contribution in [3.05, 3.63) is 36.3 Å². The van der Waals surface area contributed by atoms with Crippen LogP contribution in [0.2, 0.25) is 0 Å². The molecule has 8 nitrogen and oxygen atoms in total. The summed E-state index contributed by atoms with van der Waals surface area (Å²) in [4.78, 5) is 18.8. The number of carbonyl (C=O) groups is 1. The SMILES string of the molecule is CNCCC(C)Oc1ccc2[nH]nc(-c3ccnc(COC=O)n3)c2c1. The highest BCUT2D eigenvalue weighted by Crippen LogP contribution is 2.28. The van der Waals surface area contributed by atoms with Gasteiger partial charge >= 0.3 is 0 Å². The Kier molecular flexibility index (Phi) is 5.75. The summed E-state index contributed by atoms with van der Waals surface area (Å²) in [7, 11) is 1.92. The Morgan fingerprint density at radius 2 is 2.23 bits per heavy atom. The third kappa shape index (κ3) is 4.15. The van der Waals surface area contributed by atoms with Gasteiger partial charge in [-0.2, -0.15) is 5.10 Å². The summed E-state index contributed by atoms with van der Waals surface area (Å²) in [6.07, 6.45) is 2.63. The number of ether oxygens (including phenoxy) is 2. The fourth-order valence-corrected chi connectivity index (χ4v) is 2.61. The maximum atomic E-state index is 10.3. The number of nitrogens with zero attached hydrogens (tertiary/aromatic N) is 3. The minimum Gasteiger partial charge on any atom is -0.491 e. The van der Waals surface area contributed by atoms with Gasteiger partial charge in [0, 0.05) is 11.6 Å². The second-order valence-electron chi connectivity index (χ2n) is 5.87. The lowest BCUT2D eigenvalue weighted by Gasteiger charge is -2.14. The molecule has 3 aromatic rings. The number of fused-ring (bicyclic) bond motifs is 1. The summed E-state index contributed by atoms with van der Waals surface area (Å²) in [5.41, 5.74) is 2.23. The molecule has 136 valence electrons. The minimum atomic E-state index is 0.0248. The number of aromatic amines is 1. The molecule has 0 saturated carbocycles. The lowest BCUT2D eigenvalue weighted by molar-refractivity contribution is -0.130. The van der Waals surface area contributed by atoms with Crippen LogP contribution in [0.5, 0.6) is 5.75 Å². The highest BCUT2D eigenvalue weighted by molar-refractivity contribution is 5.92. The van der Waals surface area contributed by atoms with E-state index in [9.17, 15) is 4.79 Å². The topological polar surface area (TPSA) is 102 Å². The fourth-order valence-electron chi connectivity index (χ4n) is 2.61. The Morgan fingerprint density at radius 1 is 1.35 bits per heavy atom. The number of hydrogen-bond acceptors (Lipinski definition) is 7. The molecule has 0 radical (unpaired) electrons. The number of benzene rings is 1. The van der Waals surface area contributed by atoms with Gasteiger partial charge in [-0.25, -0.2) is 9.97 Å². The third-order valence-corrected chi connectivity index (χ3v) is 3.90. The van der Waals surface area contributed by atoms with Gasteiger partial charge in [-0.05, 0) is 51.2 Å². The van der Waals surface area contributed by atoms with Crippen LogP contribution in [0.15, 0.2) is 30.5 Å². The van der Waals surface area contributed by atoms with Crippen LogP contribution in [-0.2, 0) is 16.1 Å². The van der Waals surface area contributed by atoms with Crippen LogP contribution in [0.25, 0.3) is 22.3 Å². The fraction of sp³-hybridized carbons (Fsp3) is 0.333. The van der Waals surface area contributed by atoms with Crippen molar-refractivity contribution in [1.29, 1.82) is 0 Å². The van der Waals surface area contributed by atoms with Gasteiger partial charge in [0.25, 0.3) is 6.47 Å². The standard InChI is InChI=1S/C18H21N5O3/c1-12(5-7-19-2)26-13-3-4-15-14(9-13)18(23-22-15)16-6-8-20-17(21-16)10-25-11-24/h3-4,6,8-9,11-12,19H,5,7,10H2,1-2H3,(H,22,23). The molecule has 0 fully saturated rings. The summed E-state index contributed by atoms with van der Waals surface area (Å²) < 4.78 is 10.7. The van der Waals surface area contributed by atoms with Crippen LogP contribution in [0.4, 0.5) is 0 Å². The number of aromatic nitrogens is 4. The van der Waals surface area contributed by atoms with Gasteiger partial charge < -0.3 is 14.8 Å². The van der Waals surface area contributed by atoms with Crippen molar-refractivity contribution in [3.63, 3.8) is 0 Å². The van der Waals surface area contributed by atoms with E-state index in [0.29, 0.717) is 23.7 Å². The molecule has 8 heteroatoms. The van der Waals surface area contributed by atoms with E-state index < -0.39 is 0 Å². The molecule has 0 saturated heterocycles. The molecule has 0 bridgehead atoms. The van der Waals surface area contributed by atoms with Crippen LogP contribution >= 0.6 is 0 Å². The lowest BCUT2D eigenvalue weighted by atomic mass is 10.1. The summed E-state index contributed by atoms with van der Waals surface area (Å²) >= 11 is 0. The Balaban J connectivity index is 1.87. The smallest absolute Gasteiger partial charge is 0.293 e. The minimum absolute atomic E-state index is 0.0248.